The van der Waals surface area contributed by atoms with E-state index in [1.165, 1.54) is 6.20 Å². The van der Waals surface area contributed by atoms with Gasteiger partial charge in [-0.15, -0.1) is 0 Å². The van der Waals surface area contributed by atoms with E-state index in [9.17, 15) is 4.79 Å². The predicted octanol–water partition coefficient (Wildman–Crippen LogP) is 3.35. The molecule has 6 N–H and O–H groups in total. The number of rotatable bonds is 8. The summed E-state index contributed by atoms with van der Waals surface area (Å²) in [6.07, 6.45) is 1.54. The predicted molar refractivity (Wildman–Crippen MR) is 122 cm³/mol. The van der Waals surface area contributed by atoms with Crippen LogP contribution in [0.25, 0.3) is 0 Å². The summed E-state index contributed by atoms with van der Waals surface area (Å²) in [5.74, 6) is 0.891. The van der Waals surface area contributed by atoms with Gasteiger partial charge in [0.05, 0.1) is 22.2 Å². The fourth-order valence-electron chi connectivity index (χ4n) is 2.74. The summed E-state index contributed by atoms with van der Waals surface area (Å²) in [5, 5.41) is 18.1. The molecule has 0 bridgehead atoms. The highest BCUT2D eigenvalue weighted by Crippen LogP contribution is 2.28. The highest BCUT2D eigenvalue weighted by Gasteiger charge is 2.16. The molecule has 0 saturated heterocycles. The van der Waals surface area contributed by atoms with E-state index in [4.69, 9.17) is 34.0 Å². The Bertz CT molecular complexity index is 1070. The third-order valence-electron chi connectivity index (χ3n) is 4.09. The molecular weight excluding hydrogens is 441 g/mol. The number of halogens is 2. The Balaban J connectivity index is 1.77. The quantitative estimate of drug-likeness (QED) is 0.344. The lowest BCUT2D eigenvalue weighted by atomic mass is 10.1. The van der Waals surface area contributed by atoms with Crippen LogP contribution in [0.15, 0.2) is 36.5 Å². The summed E-state index contributed by atoms with van der Waals surface area (Å²) < 4.78 is 0. The monoisotopic (exact) mass is 461 g/mol. The van der Waals surface area contributed by atoms with Crippen molar-refractivity contribution in [3.63, 3.8) is 0 Å². The van der Waals surface area contributed by atoms with Crippen molar-refractivity contribution in [1.29, 1.82) is 0 Å². The molecule has 0 atom stereocenters. The molecule has 11 heteroatoms. The van der Waals surface area contributed by atoms with E-state index in [-0.39, 0.29) is 28.8 Å². The smallest absolute Gasteiger partial charge is 0.258 e. The molecule has 0 saturated carbocycles. The van der Waals surface area contributed by atoms with Crippen molar-refractivity contribution in [1.82, 2.24) is 15.0 Å². The van der Waals surface area contributed by atoms with Crippen LogP contribution in [0, 0.1) is 6.92 Å². The van der Waals surface area contributed by atoms with E-state index in [0.717, 1.165) is 11.3 Å². The molecule has 0 fully saturated rings. The molecule has 31 heavy (non-hydrogen) atoms. The lowest BCUT2D eigenvalue weighted by Gasteiger charge is -2.12. The van der Waals surface area contributed by atoms with Crippen LogP contribution in [0.1, 0.15) is 21.6 Å². The standard InChI is InChI=1S/C20H21Cl2N7O2/c1-11-6-17(29-20(26-11)25-4-5-30)28-16-9-13(2-3-24-16)27-19(31)18-14(21)7-12(10-23)8-15(18)22/h2-3,6-9,30H,4-5,10,23H2,1H3,(H3,24,25,26,27,28,29,31). The average molecular weight is 462 g/mol. The first-order valence-corrected chi connectivity index (χ1v) is 10.1. The maximum absolute atomic E-state index is 12.7. The van der Waals surface area contributed by atoms with Gasteiger partial charge in [-0.25, -0.2) is 9.97 Å². The molecule has 0 aliphatic heterocycles. The second-order valence-corrected chi connectivity index (χ2v) is 7.33. The molecule has 1 amide bonds. The Morgan fingerprint density at radius 2 is 1.87 bits per heavy atom. The number of hydrogen-bond donors (Lipinski definition) is 5. The first kappa shape index (κ1) is 22.7. The van der Waals surface area contributed by atoms with Crippen LogP contribution >= 0.6 is 23.2 Å². The second-order valence-electron chi connectivity index (χ2n) is 6.52. The highest BCUT2D eigenvalue weighted by molar-refractivity contribution is 6.40. The summed E-state index contributed by atoms with van der Waals surface area (Å²) in [4.78, 5) is 25.5. The maximum atomic E-state index is 12.7. The number of benzene rings is 1. The van der Waals surface area contributed by atoms with Gasteiger partial charge < -0.3 is 26.8 Å². The van der Waals surface area contributed by atoms with Gasteiger partial charge in [0.15, 0.2) is 0 Å². The lowest BCUT2D eigenvalue weighted by Crippen LogP contribution is -2.14. The number of hydrogen-bond acceptors (Lipinski definition) is 8. The largest absolute Gasteiger partial charge is 0.395 e. The number of aromatic nitrogens is 3. The number of aliphatic hydroxyl groups excluding tert-OH is 1. The average Bonchev–Trinajstić information content (AvgIpc) is 2.71. The number of anilines is 4. The van der Waals surface area contributed by atoms with E-state index in [1.807, 2.05) is 6.92 Å². The highest BCUT2D eigenvalue weighted by atomic mass is 35.5. The number of nitrogens with one attached hydrogen (secondary N) is 3. The number of pyridine rings is 1. The summed E-state index contributed by atoms with van der Waals surface area (Å²) in [6.45, 7) is 2.39. The molecule has 0 aliphatic rings. The number of amides is 1. The Hall–Kier alpha value is -2.98. The van der Waals surface area contributed by atoms with E-state index < -0.39 is 5.91 Å². The Morgan fingerprint density at radius 3 is 2.55 bits per heavy atom. The van der Waals surface area contributed by atoms with Crippen LogP contribution in [0.3, 0.4) is 0 Å². The van der Waals surface area contributed by atoms with Crippen LogP contribution < -0.4 is 21.7 Å². The molecule has 2 heterocycles. The number of carbonyl (C=O) groups excluding carboxylic acids is 1. The SMILES string of the molecule is Cc1cc(Nc2cc(NC(=O)c3c(Cl)cc(CN)cc3Cl)ccn2)nc(NCCO)n1. The third-order valence-corrected chi connectivity index (χ3v) is 4.68. The van der Waals surface area contributed by atoms with Crippen molar-refractivity contribution < 1.29 is 9.90 Å². The van der Waals surface area contributed by atoms with Crippen LogP contribution in [0.4, 0.5) is 23.3 Å². The van der Waals surface area contributed by atoms with Crippen molar-refractivity contribution in [3.05, 3.63) is 63.4 Å². The molecule has 0 unspecified atom stereocenters. The summed E-state index contributed by atoms with van der Waals surface area (Å²) >= 11 is 12.4. The van der Waals surface area contributed by atoms with E-state index in [2.05, 4.69) is 30.9 Å². The fourth-order valence-corrected chi connectivity index (χ4v) is 3.45. The number of carbonyl (C=O) groups is 1. The zero-order valence-electron chi connectivity index (χ0n) is 16.6. The van der Waals surface area contributed by atoms with Crippen LogP contribution in [0.2, 0.25) is 10.0 Å². The number of nitrogens with two attached hydrogens (primary N) is 1. The van der Waals surface area contributed by atoms with Crippen molar-refractivity contribution in [2.24, 2.45) is 5.73 Å². The van der Waals surface area contributed by atoms with Gasteiger partial charge in [0.2, 0.25) is 5.95 Å². The third kappa shape index (κ3) is 6.02. The summed E-state index contributed by atoms with van der Waals surface area (Å²) in [5.41, 5.74) is 7.72. The summed E-state index contributed by atoms with van der Waals surface area (Å²) in [6, 6.07) is 8.25. The van der Waals surface area contributed by atoms with Crippen molar-refractivity contribution in [2.45, 2.75) is 13.5 Å². The van der Waals surface area contributed by atoms with E-state index in [0.29, 0.717) is 29.8 Å². The zero-order valence-corrected chi connectivity index (χ0v) is 18.1. The lowest BCUT2D eigenvalue weighted by molar-refractivity contribution is 0.102. The Labute approximate surface area is 189 Å². The van der Waals surface area contributed by atoms with Gasteiger partial charge in [0.1, 0.15) is 11.6 Å². The molecule has 0 spiro atoms. The normalized spacial score (nSPS) is 10.6. The fraction of sp³-hybridized carbons (Fsp3) is 0.200. The van der Waals surface area contributed by atoms with E-state index in [1.54, 1.807) is 30.3 Å². The molecule has 0 aliphatic carbocycles. The molecule has 9 nitrogen and oxygen atoms in total. The van der Waals surface area contributed by atoms with Crippen LogP contribution in [0.5, 0.6) is 0 Å². The summed E-state index contributed by atoms with van der Waals surface area (Å²) in [7, 11) is 0. The minimum atomic E-state index is -0.455. The first-order valence-electron chi connectivity index (χ1n) is 9.32. The molecule has 3 aromatic rings. The van der Waals surface area contributed by atoms with Crippen LogP contribution in [-0.4, -0.2) is 39.1 Å². The van der Waals surface area contributed by atoms with Gasteiger partial charge in [-0.05, 0) is 30.7 Å². The second kappa shape index (κ2) is 10.4. The first-order chi connectivity index (χ1) is 14.9. The van der Waals surface area contributed by atoms with Gasteiger partial charge >= 0.3 is 0 Å². The molecule has 3 rings (SSSR count). The zero-order chi connectivity index (χ0) is 22.4. The number of aliphatic hydroxyl groups is 1. The van der Waals surface area contributed by atoms with Gasteiger partial charge in [-0.2, -0.15) is 4.98 Å². The van der Waals surface area contributed by atoms with Gasteiger partial charge in [-0.1, -0.05) is 23.2 Å². The Kier molecular flexibility index (Phi) is 7.59. The van der Waals surface area contributed by atoms with Gasteiger partial charge in [0, 0.05) is 42.8 Å². The number of aryl methyl sites for hydroxylation is 1. The molecule has 1 aromatic carbocycles. The van der Waals surface area contributed by atoms with Gasteiger partial charge in [-0.3, -0.25) is 4.79 Å². The van der Waals surface area contributed by atoms with Crippen molar-refractivity contribution in [2.75, 3.05) is 29.1 Å². The minimum absolute atomic E-state index is 0.0354. The topological polar surface area (TPSA) is 138 Å². The number of nitrogens with zero attached hydrogens (tertiary/aromatic N) is 3. The van der Waals surface area contributed by atoms with Gasteiger partial charge in [0.25, 0.3) is 5.91 Å². The van der Waals surface area contributed by atoms with Crippen molar-refractivity contribution >= 4 is 52.4 Å². The minimum Gasteiger partial charge on any atom is -0.395 e. The molecule has 2 aromatic heterocycles. The van der Waals surface area contributed by atoms with Crippen molar-refractivity contribution in [3.8, 4) is 0 Å². The Morgan fingerprint density at radius 1 is 1.13 bits per heavy atom. The maximum Gasteiger partial charge on any atom is 0.258 e. The molecule has 162 valence electrons. The molecular formula is C20H21Cl2N7O2. The van der Waals surface area contributed by atoms with Crippen LogP contribution in [-0.2, 0) is 6.54 Å². The molecule has 0 radical (unpaired) electrons. The van der Waals surface area contributed by atoms with E-state index >= 15 is 0 Å².